The lowest BCUT2D eigenvalue weighted by molar-refractivity contribution is -0.137. The lowest BCUT2D eigenvalue weighted by Gasteiger charge is -2.31. The van der Waals surface area contributed by atoms with E-state index in [0.717, 1.165) is 46.4 Å². The number of rotatable bonds is 5. The molecule has 3 atom stereocenters. The van der Waals surface area contributed by atoms with Crippen molar-refractivity contribution in [1.82, 2.24) is 4.57 Å². The van der Waals surface area contributed by atoms with E-state index in [9.17, 15) is 32.3 Å². The van der Waals surface area contributed by atoms with E-state index in [1.165, 1.54) is 16.7 Å². The van der Waals surface area contributed by atoms with Crippen LogP contribution in [0.25, 0.3) is 0 Å². The fraction of sp³-hybridized carbons (Fsp3) is 0.294. The lowest BCUT2D eigenvalue weighted by atomic mass is 9.81. The molecule has 238 valence electrons. The van der Waals surface area contributed by atoms with E-state index in [0.29, 0.717) is 26.1 Å². The summed E-state index contributed by atoms with van der Waals surface area (Å²) in [6.45, 7) is 7.69. The van der Waals surface area contributed by atoms with Gasteiger partial charge in [-0.1, -0.05) is 92.4 Å². The van der Waals surface area contributed by atoms with Gasteiger partial charge >= 0.3 is 11.0 Å². The van der Waals surface area contributed by atoms with Gasteiger partial charge in [-0.25, -0.2) is 4.90 Å². The number of thiazole rings is 1. The van der Waals surface area contributed by atoms with E-state index in [4.69, 9.17) is 0 Å². The van der Waals surface area contributed by atoms with Crippen LogP contribution in [0.5, 0.6) is 0 Å². The van der Waals surface area contributed by atoms with Crippen LogP contribution in [0.15, 0.2) is 82.6 Å². The second kappa shape index (κ2) is 11.6. The van der Waals surface area contributed by atoms with Crippen LogP contribution in [0.4, 0.5) is 24.5 Å². The third-order valence-electron chi connectivity index (χ3n) is 8.24. The molecule has 3 heterocycles. The fourth-order valence-corrected chi connectivity index (χ4v) is 8.79. The quantitative estimate of drug-likeness (QED) is 0.233. The SMILES string of the molecule is Cc1cccc(NC(=O)Cn2c3c(sc2=O)[C@H](c2ccc(C(C)(C)C)cc2)C2C(=O)N(c4ccccc4C(F)(F)F)C(=O)C2S3)c1. The molecule has 1 N–H and O–H groups in total. The molecule has 1 saturated heterocycles. The molecule has 2 aliphatic rings. The maximum atomic E-state index is 14.1. The van der Waals surface area contributed by atoms with E-state index in [2.05, 4.69) is 26.1 Å². The summed E-state index contributed by atoms with van der Waals surface area (Å²) in [7, 11) is 0. The van der Waals surface area contributed by atoms with Gasteiger partial charge in [0.25, 0.3) is 0 Å². The third-order valence-corrected chi connectivity index (χ3v) is 10.8. The summed E-state index contributed by atoms with van der Waals surface area (Å²) >= 11 is 1.84. The van der Waals surface area contributed by atoms with Crippen molar-refractivity contribution >= 4 is 52.2 Å². The minimum Gasteiger partial charge on any atom is -0.325 e. The maximum Gasteiger partial charge on any atom is 0.418 e. The van der Waals surface area contributed by atoms with E-state index in [1.807, 2.05) is 37.3 Å². The number of para-hydroxylation sites is 1. The predicted octanol–water partition coefficient (Wildman–Crippen LogP) is 6.97. The molecule has 3 aromatic carbocycles. The monoisotopic (exact) mass is 665 g/mol. The van der Waals surface area contributed by atoms with Crippen molar-refractivity contribution in [3.8, 4) is 0 Å². The number of alkyl halides is 3. The second-order valence-electron chi connectivity index (χ2n) is 12.5. The largest absolute Gasteiger partial charge is 0.418 e. The number of imide groups is 1. The average Bonchev–Trinajstić information content (AvgIpc) is 3.42. The number of nitrogens with zero attached hydrogens (tertiary/aromatic N) is 2. The van der Waals surface area contributed by atoms with Crippen molar-refractivity contribution in [3.05, 3.63) is 110 Å². The van der Waals surface area contributed by atoms with Gasteiger partial charge in [-0.3, -0.25) is 23.7 Å². The number of hydrogen-bond donors (Lipinski definition) is 1. The van der Waals surface area contributed by atoms with Crippen LogP contribution in [-0.4, -0.2) is 27.5 Å². The van der Waals surface area contributed by atoms with Crippen LogP contribution in [-0.2, 0) is 32.5 Å². The molecule has 7 nitrogen and oxygen atoms in total. The highest BCUT2D eigenvalue weighted by Crippen LogP contribution is 2.54. The summed E-state index contributed by atoms with van der Waals surface area (Å²) in [4.78, 5) is 55.3. The molecule has 12 heteroatoms. The van der Waals surface area contributed by atoms with E-state index in [1.54, 1.807) is 18.2 Å². The summed E-state index contributed by atoms with van der Waals surface area (Å²) in [5.74, 6) is -3.89. The topological polar surface area (TPSA) is 88.5 Å². The Bertz CT molecular complexity index is 1930. The smallest absolute Gasteiger partial charge is 0.325 e. The Morgan fingerprint density at radius 1 is 0.913 bits per heavy atom. The molecular formula is C34H30F3N3O4S2. The zero-order valence-corrected chi connectivity index (χ0v) is 27.0. The number of thioether (sulfide) groups is 1. The summed E-state index contributed by atoms with van der Waals surface area (Å²) < 4.78 is 43.4. The third kappa shape index (κ3) is 5.68. The number of carbonyl (C=O) groups excluding carboxylic acids is 3. The lowest BCUT2D eigenvalue weighted by Crippen LogP contribution is -2.33. The van der Waals surface area contributed by atoms with E-state index >= 15 is 0 Å². The van der Waals surface area contributed by atoms with Crippen molar-refractivity contribution in [2.75, 3.05) is 10.2 Å². The zero-order chi connectivity index (χ0) is 33.1. The Morgan fingerprint density at radius 3 is 2.26 bits per heavy atom. The van der Waals surface area contributed by atoms with Gasteiger partial charge in [0.2, 0.25) is 17.7 Å². The van der Waals surface area contributed by atoms with Crippen LogP contribution >= 0.6 is 23.1 Å². The number of carbonyl (C=O) groups is 3. The van der Waals surface area contributed by atoms with Gasteiger partial charge in [0, 0.05) is 16.5 Å². The van der Waals surface area contributed by atoms with Crippen LogP contribution in [0, 0.1) is 12.8 Å². The highest BCUT2D eigenvalue weighted by molar-refractivity contribution is 8.00. The number of benzene rings is 3. The molecule has 6 rings (SSSR count). The standard InChI is InChI=1S/C34H30F3N3O4S2/c1-18-8-7-9-21(16-18)38-24(41)17-39-31-28(46-32(39)44)25(19-12-14-20(15-13-19)33(2,3)4)26-27(45-31)30(43)40(29(26)42)23-11-6-5-10-22(23)34(35,36)37/h5-16,25-27H,17H2,1-4H3,(H,38,41)/t25-,26?,27?/m1/s1. The average molecular weight is 666 g/mol. The van der Waals surface area contributed by atoms with Crippen molar-refractivity contribution in [3.63, 3.8) is 0 Å². The van der Waals surface area contributed by atoms with Gasteiger partial charge in [-0.05, 0) is 53.3 Å². The first-order valence-corrected chi connectivity index (χ1v) is 16.3. The fourth-order valence-electron chi connectivity index (χ4n) is 6.02. The molecule has 0 radical (unpaired) electrons. The number of aryl methyl sites for hydroxylation is 1. The first kappa shape index (κ1) is 31.8. The molecule has 4 aromatic rings. The molecular weight excluding hydrogens is 636 g/mol. The van der Waals surface area contributed by atoms with Crippen LogP contribution in [0.2, 0.25) is 0 Å². The number of aromatic nitrogens is 1. The minimum atomic E-state index is -4.80. The van der Waals surface area contributed by atoms with Crippen LogP contribution in [0.3, 0.4) is 0 Å². The second-order valence-corrected chi connectivity index (χ2v) is 14.6. The molecule has 0 bridgehead atoms. The van der Waals surface area contributed by atoms with Crippen molar-refractivity contribution in [2.45, 2.75) is 62.0 Å². The number of amides is 3. The Hall–Kier alpha value is -4.16. The first-order valence-electron chi connectivity index (χ1n) is 14.6. The molecule has 1 fully saturated rings. The summed E-state index contributed by atoms with van der Waals surface area (Å²) in [6, 6.07) is 19.2. The molecule has 2 aliphatic heterocycles. The Kier molecular flexibility index (Phi) is 8.00. The van der Waals surface area contributed by atoms with Crippen LogP contribution in [0.1, 0.15) is 53.8 Å². The molecule has 46 heavy (non-hydrogen) atoms. The highest BCUT2D eigenvalue weighted by atomic mass is 32.2. The summed E-state index contributed by atoms with van der Waals surface area (Å²) in [6.07, 6.45) is -4.80. The Balaban J connectivity index is 1.45. The zero-order valence-electron chi connectivity index (χ0n) is 25.3. The molecule has 0 spiro atoms. The van der Waals surface area contributed by atoms with Crippen molar-refractivity contribution in [2.24, 2.45) is 5.92 Å². The summed E-state index contributed by atoms with van der Waals surface area (Å²) in [5, 5.41) is 2.03. The van der Waals surface area contributed by atoms with Gasteiger partial charge in [-0.15, -0.1) is 0 Å². The molecule has 0 aliphatic carbocycles. The Morgan fingerprint density at radius 2 is 1.61 bits per heavy atom. The molecule has 1 aromatic heterocycles. The van der Waals surface area contributed by atoms with Gasteiger partial charge in [-0.2, -0.15) is 13.2 Å². The minimum absolute atomic E-state index is 0.176. The normalized spacial score (nSPS) is 19.6. The number of nitrogens with one attached hydrogen (secondary N) is 1. The van der Waals surface area contributed by atoms with Gasteiger partial charge in [0.15, 0.2) is 0 Å². The number of fused-ring (bicyclic) bond motifs is 2. The number of hydrogen-bond acceptors (Lipinski definition) is 6. The van der Waals surface area contributed by atoms with E-state index in [-0.39, 0.29) is 12.0 Å². The van der Waals surface area contributed by atoms with Gasteiger partial charge < -0.3 is 5.32 Å². The maximum absolute atomic E-state index is 14.1. The molecule has 3 amide bonds. The van der Waals surface area contributed by atoms with Crippen molar-refractivity contribution < 1.29 is 27.6 Å². The summed E-state index contributed by atoms with van der Waals surface area (Å²) in [5.41, 5.74) is 1.37. The molecule has 0 saturated carbocycles. The highest BCUT2D eigenvalue weighted by Gasteiger charge is 2.57. The van der Waals surface area contributed by atoms with E-state index < -0.39 is 57.1 Å². The number of anilines is 2. The predicted molar refractivity (Wildman–Crippen MR) is 172 cm³/mol. The Labute approximate surface area is 271 Å². The van der Waals surface area contributed by atoms with Gasteiger partial charge in [0.1, 0.15) is 11.8 Å². The van der Waals surface area contributed by atoms with Crippen LogP contribution < -0.4 is 15.1 Å². The molecule has 2 unspecified atom stereocenters. The number of halogens is 3. The van der Waals surface area contributed by atoms with Crippen molar-refractivity contribution in [1.29, 1.82) is 0 Å². The first-order chi connectivity index (χ1) is 21.6. The van der Waals surface area contributed by atoms with Gasteiger partial charge in [0.05, 0.1) is 22.2 Å².